The maximum absolute atomic E-state index is 13.2. The van der Waals surface area contributed by atoms with Gasteiger partial charge in [-0.2, -0.15) is 5.26 Å². The Labute approximate surface area is 197 Å². The Kier molecular flexibility index (Phi) is 7.21. The molecule has 1 aromatic heterocycles. The Bertz CT molecular complexity index is 1440. The Morgan fingerprint density at radius 2 is 1.88 bits per heavy atom. The van der Waals surface area contributed by atoms with Crippen LogP contribution in [0.15, 0.2) is 76.1 Å². The summed E-state index contributed by atoms with van der Waals surface area (Å²) in [5.41, 5.74) is 2.97. The van der Waals surface area contributed by atoms with Crippen LogP contribution in [0.5, 0.6) is 0 Å². The molecule has 0 atom stereocenters. The van der Waals surface area contributed by atoms with E-state index in [0.717, 1.165) is 42.5 Å². The number of fused-ring (bicyclic) bond motifs is 1. The van der Waals surface area contributed by atoms with Gasteiger partial charge in [-0.1, -0.05) is 23.4 Å². The van der Waals surface area contributed by atoms with E-state index in [2.05, 4.69) is 15.2 Å². The first-order valence-electron chi connectivity index (χ1n) is 10.8. The molecular weight excluding hydrogens is 455 g/mol. The first-order valence-corrected chi connectivity index (χ1v) is 12.3. The van der Waals surface area contributed by atoms with Gasteiger partial charge in [0.15, 0.2) is 5.58 Å². The third-order valence-electron chi connectivity index (χ3n) is 5.31. The number of aromatic nitrogens is 1. The van der Waals surface area contributed by atoms with Gasteiger partial charge in [0.25, 0.3) is 10.0 Å². The molecule has 34 heavy (non-hydrogen) atoms. The van der Waals surface area contributed by atoms with Crippen molar-refractivity contribution in [2.24, 2.45) is 0 Å². The number of halogens is 1. The predicted molar refractivity (Wildman–Crippen MR) is 127 cm³/mol. The van der Waals surface area contributed by atoms with Crippen molar-refractivity contribution in [3.8, 4) is 6.07 Å². The zero-order chi connectivity index (χ0) is 24.0. The summed E-state index contributed by atoms with van der Waals surface area (Å²) in [5, 5.41) is 17.2. The summed E-state index contributed by atoms with van der Waals surface area (Å²) in [5.74, 6) is -0.343. The lowest BCUT2D eigenvalue weighted by Gasteiger charge is -2.10. The fraction of sp³-hybridized carbons (Fsp3) is 0.200. The fourth-order valence-electron chi connectivity index (χ4n) is 3.61. The van der Waals surface area contributed by atoms with Crippen molar-refractivity contribution >= 4 is 26.7 Å². The highest BCUT2D eigenvalue weighted by Crippen LogP contribution is 2.21. The molecule has 0 spiro atoms. The smallest absolute Gasteiger partial charge is 0.261 e. The molecule has 1 heterocycles. The number of nitrogens with one attached hydrogen (secondary N) is 2. The number of nitriles is 1. The molecule has 2 N–H and O–H groups in total. The van der Waals surface area contributed by atoms with E-state index in [0.29, 0.717) is 17.8 Å². The molecule has 0 aliphatic carbocycles. The lowest BCUT2D eigenvalue weighted by Crippen LogP contribution is -2.16. The molecule has 0 saturated heterocycles. The lowest BCUT2D eigenvalue weighted by atomic mass is 10.1. The lowest BCUT2D eigenvalue weighted by molar-refractivity contribution is 0.442. The van der Waals surface area contributed by atoms with Gasteiger partial charge in [0, 0.05) is 23.7 Å². The van der Waals surface area contributed by atoms with Gasteiger partial charge < -0.3 is 9.84 Å². The van der Waals surface area contributed by atoms with Gasteiger partial charge in [0.05, 0.1) is 22.2 Å². The SMILES string of the molecule is N#Cc1cccc(S(=O)(=O)Nc2cccc(CNCCCCc3noc4cc(F)ccc34)c2)c1. The third kappa shape index (κ3) is 5.78. The summed E-state index contributed by atoms with van der Waals surface area (Å²) < 4.78 is 46.3. The quantitative estimate of drug-likeness (QED) is 0.319. The maximum Gasteiger partial charge on any atom is 0.261 e. The maximum atomic E-state index is 13.2. The van der Waals surface area contributed by atoms with E-state index in [4.69, 9.17) is 9.78 Å². The normalized spacial score (nSPS) is 11.4. The van der Waals surface area contributed by atoms with Crippen molar-refractivity contribution < 1.29 is 17.3 Å². The second kappa shape index (κ2) is 10.5. The van der Waals surface area contributed by atoms with Crippen molar-refractivity contribution in [3.05, 3.63) is 89.4 Å². The van der Waals surface area contributed by atoms with Gasteiger partial charge in [0.2, 0.25) is 0 Å². The summed E-state index contributed by atoms with van der Waals surface area (Å²) in [6.45, 7) is 1.37. The number of benzene rings is 3. The highest BCUT2D eigenvalue weighted by Gasteiger charge is 2.15. The van der Waals surface area contributed by atoms with Gasteiger partial charge in [-0.05, 0) is 73.8 Å². The van der Waals surface area contributed by atoms with Gasteiger partial charge in [-0.3, -0.25) is 4.72 Å². The molecule has 0 amide bonds. The average Bonchev–Trinajstić information content (AvgIpc) is 3.23. The molecule has 0 unspecified atom stereocenters. The summed E-state index contributed by atoms with van der Waals surface area (Å²) >= 11 is 0. The Morgan fingerprint density at radius 3 is 2.74 bits per heavy atom. The Morgan fingerprint density at radius 1 is 1.03 bits per heavy atom. The number of nitrogens with zero attached hydrogens (tertiary/aromatic N) is 2. The minimum absolute atomic E-state index is 0.0418. The van der Waals surface area contributed by atoms with E-state index >= 15 is 0 Å². The molecule has 0 saturated carbocycles. The van der Waals surface area contributed by atoms with E-state index < -0.39 is 10.0 Å². The zero-order valence-corrected chi connectivity index (χ0v) is 19.1. The van der Waals surface area contributed by atoms with Gasteiger partial charge in [-0.15, -0.1) is 0 Å². The second-order valence-corrected chi connectivity index (χ2v) is 9.53. The minimum Gasteiger partial charge on any atom is -0.356 e. The van der Waals surface area contributed by atoms with E-state index in [1.54, 1.807) is 36.4 Å². The topological polar surface area (TPSA) is 108 Å². The highest BCUT2D eigenvalue weighted by atomic mass is 32.2. The van der Waals surface area contributed by atoms with Crippen LogP contribution < -0.4 is 10.0 Å². The average molecular weight is 479 g/mol. The first kappa shape index (κ1) is 23.4. The number of rotatable bonds is 10. The molecule has 0 fully saturated rings. The molecule has 3 aromatic carbocycles. The highest BCUT2D eigenvalue weighted by molar-refractivity contribution is 7.92. The summed E-state index contributed by atoms with van der Waals surface area (Å²) in [4.78, 5) is 0.0418. The molecule has 174 valence electrons. The minimum atomic E-state index is -3.79. The monoisotopic (exact) mass is 478 g/mol. The van der Waals surface area contributed by atoms with Crippen molar-refractivity contribution in [1.82, 2.24) is 10.5 Å². The van der Waals surface area contributed by atoms with Crippen molar-refractivity contribution in [3.63, 3.8) is 0 Å². The summed E-state index contributed by atoms with van der Waals surface area (Å²) in [6, 6.07) is 19.4. The van der Waals surface area contributed by atoms with Crippen LogP contribution in [-0.4, -0.2) is 20.1 Å². The number of aryl methyl sites for hydroxylation is 1. The van der Waals surface area contributed by atoms with Gasteiger partial charge in [0.1, 0.15) is 5.82 Å². The van der Waals surface area contributed by atoms with E-state index in [-0.39, 0.29) is 16.3 Å². The number of hydrogen-bond acceptors (Lipinski definition) is 6. The molecule has 4 rings (SSSR count). The van der Waals surface area contributed by atoms with Crippen LogP contribution in [-0.2, 0) is 23.0 Å². The number of sulfonamides is 1. The molecule has 0 radical (unpaired) electrons. The molecule has 0 aliphatic rings. The van der Waals surface area contributed by atoms with Crippen molar-refractivity contribution in [2.75, 3.05) is 11.3 Å². The number of anilines is 1. The van der Waals surface area contributed by atoms with Crippen LogP contribution >= 0.6 is 0 Å². The first-order chi connectivity index (χ1) is 16.4. The van der Waals surface area contributed by atoms with Crippen LogP contribution in [0.4, 0.5) is 10.1 Å². The molecule has 0 aliphatic heterocycles. The Hall–Kier alpha value is -3.74. The molecule has 4 aromatic rings. The van der Waals surface area contributed by atoms with Gasteiger partial charge in [-0.25, -0.2) is 12.8 Å². The molecule has 7 nitrogen and oxygen atoms in total. The van der Waals surface area contributed by atoms with E-state index in [1.165, 1.54) is 24.3 Å². The van der Waals surface area contributed by atoms with Crippen LogP contribution in [0.3, 0.4) is 0 Å². The largest absolute Gasteiger partial charge is 0.356 e. The predicted octanol–water partition coefficient (Wildman–Crippen LogP) is 4.75. The van der Waals surface area contributed by atoms with Crippen LogP contribution in [0.1, 0.15) is 29.7 Å². The van der Waals surface area contributed by atoms with Crippen LogP contribution in [0, 0.1) is 17.1 Å². The standard InChI is InChI=1S/C25H23FN4O3S/c26-20-10-11-23-24(29-33-25(23)15-20)9-1-2-12-28-17-19-6-3-7-21(13-19)30-34(31,32)22-8-4-5-18(14-22)16-27/h3-8,10-11,13-15,28,30H,1-2,9,12,17H2. The molecule has 0 bridgehead atoms. The van der Waals surface area contributed by atoms with Gasteiger partial charge >= 0.3 is 0 Å². The molecular formula is C25H23FN4O3S. The zero-order valence-electron chi connectivity index (χ0n) is 18.3. The fourth-order valence-corrected chi connectivity index (χ4v) is 4.71. The van der Waals surface area contributed by atoms with Crippen molar-refractivity contribution in [2.45, 2.75) is 30.7 Å². The number of unbranched alkanes of at least 4 members (excludes halogenated alkanes) is 1. The van der Waals surface area contributed by atoms with E-state index in [9.17, 15) is 12.8 Å². The van der Waals surface area contributed by atoms with Crippen LogP contribution in [0.2, 0.25) is 0 Å². The molecule has 9 heteroatoms. The Balaban J connectivity index is 1.25. The number of hydrogen-bond donors (Lipinski definition) is 2. The summed E-state index contributed by atoms with van der Waals surface area (Å²) in [6.07, 6.45) is 2.55. The third-order valence-corrected chi connectivity index (χ3v) is 6.69. The second-order valence-electron chi connectivity index (χ2n) is 7.85. The van der Waals surface area contributed by atoms with Crippen LogP contribution in [0.25, 0.3) is 11.0 Å². The summed E-state index contributed by atoms with van der Waals surface area (Å²) in [7, 11) is -3.79. The van der Waals surface area contributed by atoms with E-state index in [1.807, 2.05) is 12.1 Å². The van der Waals surface area contributed by atoms with Crippen molar-refractivity contribution in [1.29, 1.82) is 5.26 Å².